The van der Waals surface area contributed by atoms with Gasteiger partial charge in [0, 0.05) is 67.8 Å². The number of nitrogens with one attached hydrogen (secondary N) is 2. The molecule has 0 unspecified atom stereocenters. The number of amides is 2. The highest BCUT2D eigenvalue weighted by Gasteiger charge is 2.25. The van der Waals surface area contributed by atoms with E-state index in [2.05, 4.69) is 37.0 Å². The lowest BCUT2D eigenvalue weighted by molar-refractivity contribution is 0.0745. The minimum Gasteiger partial charge on any atom is -0.506 e. The summed E-state index contributed by atoms with van der Waals surface area (Å²) in [5.41, 5.74) is 2.51. The highest BCUT2D eigenvalue weighted by atomic mass is 16.3. The molecular formula is C29H24N6O4. The molecule has 0 aliphatic carbocycles. The average molecular weight is 521 g/mol. The van der Waals surface area contributed by atoms with Crippen LogP contribution in [-0.2, 0) is 0 Å². The van der Waals surface area contributed by atoms with Crippen molar-refractivity contribution in [1.82, 2.24) is 19.9 Å². The quantitative estimate of drug-likeness (QED) is 0.352. The van der Waals surface area contributed by atoms with E-state index < -0.39 is 0 Å². The first-order valence-corrected chi connectivity index (χ1v) is 12.2. The molecule has 4 aromatic rings. The number of anilines is 2. The summed E-state index contributed by atoms with van der Waals surface area (Å²) in [6.07, 6.45) is 7.45. The van der Waals surface area contributed by atoms with Crippen LogP contribution < -0.4 is 15.8 Å². The number of nitrogens with zero attached hydrogens (tertiary/aromatic N) is 4. The second-order valence-corrected chi connectivity index (χ2v) is 8.81. The summed E-state index contributed by atoms with van der Waals surface area (Å²) in [5.74, 6) is 5.35. The zero-order chi connectivity index (χ0) is 27.2. The Labute approximate surface area is 224 Å². The third-order valence-electron chi connectivity index (χ3n) is 6.18. The fraction of sp³-hybridized carbons (Fsp3) is 0.138. The SMILES string of the molecule is O=C(Nc1ccc[nH]c1=O)c1ccccc1N1CCN(C(=O)c2cncc(C#Cc3cncc(O)c3)c2)CC1. The Hall–Kier alpha value is -5.43. The first kappa shape index (κ1) is 25.2. The number of benzene rings is 1. The first-order valence-electron chi connectivity index (χ1n) is 12.2. The van der Waals surface area contributed by atoms with Crippen LogP contribution >= 0.6 is 0 Å². The van der Waals surface area contributed by atoms with E-state index in [9.17, 15) is 19.5 Å². The van der Waals surface area contributed by atoms with Crippen LogP contribution in [-0.4, -0.2) is 63.0 Å². The number of aromatic amines is 1. The number of aromatic hydroxyl groups is 1. The van der Waals surface area contributed by atoms with E-state index in [4.69, 9.17) is 0 Å². The number of H-pyrrole nitrogens is 1. The van der Waals surface area contributed by atoms with Crippen molar-refractivity contribution >= 4 is 23.2 Å². The van der Waals surface area contributed by atoms with Gasteiger partial charge in [-0.1, -0.05) is 24.0 Å². The molecule has 3 aromatic heterocycles. The molecule has 194 valence electrons. The summed E-state index contributed by atoms with van der Waals surface area (Å²) in [6, 6.07) is 13.6. The molecule has 4 heterocycles. The summed E-state index contributed by atoms with van der Waals surface area (Å²) >= 11 is 0. The maximum atomic E-state index is 13.2. The molecule has 5 rings (SSSR count). The number of hydrogen-bond donors (Lipinski definition) is 3. The number of carbonyl (C=O) groups excluding carboxylic acids is 2. The Morgan fingerprint density at radius 3 is 2.36 bits per heavy atom. The van der Waals surface area contributed by atoms with Gasteiger partial charge in [-0.3, -0.25) is 24.4 Å². The van der Waals surface area contributed by atoms with Crippen molar-refractivity contribution in [3.63, 3.8) is 0 Å². The lowest BCUT2D eigenvalue weighted by Crippen LogP contribution is -2.49. The monoisotopic (exact) mass is 520 g/mol. The van der Waals surface area contributed by atoms with Gasteiger partial charge in [-0.2, -0.15) is 0 Å². The summed E-state index contributed by atoms with van der Waals surface area (Å²) in [7, 11) is 0. The van der Waals surface area contributed by atoms with Crippen molar-refractivity contribution in [3.8, 4) is 17.6 Å². The van der Waals surface area contributed by atoms with Crippen molar-refractivity contribution in [2.24, 2.45) is 0 Å². The van der Waals surface area contributed by atoms with Crippen molar-refractivity contribution in [3.05, 3.63) is 112 Å². The second kappa shape index (κ2) is 11.3. The zero-order valence-electron chi connectivity index (χ0n) is 20.8. The van der Waals surface area contributed by atoms with E-state index in [1.807, 2.05) is 12.1 Å². The van der Waals surface area contributed by atoms with Gasteiger partial charge in [0.05, 0.1) is 17.3 Å². The van der Waals surface area contributed by atoms with E-state index in [-0.39, 0.29) is 28.8 Å². The molecule has 1 saturated heterocycles. The van der Waals surface area contributed by atoms with Crippen LogP contribution in [0.2, 0.25) is 0 Å². The third kappa shape index (κ3) is 5.94. The van der Waals surface area contributed by atoms with Gasteiger partial charge in [-0.15, -0.1) is 0 Å². The molecule has 3 N–H and O–H groups in total. The number of para-hydroxylation sites is 1. The molecule has 1 aliphatic rings. The number of piperazine rings is 1. The van der Waals surface area contributed by atoms with Crippen LogP contribution in [0.3, 0.4) is 0 Å². The predicted molar refractivity (Wildman–Crippen MR) is 146 cm³/mol. The molecule has 10 nitrogen and oxygen atoms in total. The molecule has 0 atom stereocenters. The minimum absolute atomic E-state index is 0.0256. The largest absolute Gasteiger partial charge is 0.506 e. The maximum absolute atomic E-state index is 13.2. The standard InChI is InChI=1S/C29H24N6O4/c36-23-15-21(17-31-19-23)8-7-20-14-22(18-30-16-20)29(39)35-12-10-34(11-13-35)26-6-2-1-4-24(26)27(37)33-25-5-3-9-32-28(25)38/h1-6,9,14-19,36H,10-13H2,(H,32,38)(H,33,37). The highest BCUT2D eigenvalue weighted by molar-refractivity contribution is 6.08. The Morgan fingerprint density at radius 1 is 0.897 bits per heavy atom. The van der Waals surface area contributed by atoms with Crippen LogP contribution in [0.25, 0.3) is 0 Å². The number of pyridine rings is 3. The van der Waals surface area contributed by atoms with Crippen molar-refractivity contribution in [2.75, 3.05) is 36.4 Å². The Morgan fingerprint density at radius 2 is 1.62 bits per heavy atom. The van der Waals surface area contributed by atoms with E-state index >= 15 is 0 Å². The van der Waals surface area contributed by atoms with Crippen LogP contribution in [0.5, 0.6) is 5.75 Å². The van der Waals surface area contributed by atoms with Crippen LogP contribution in [0.15, 0.2) is 84.3 Å². The number of hydrogen-bond acceptors (Lipinski definition) is 7. The van der Waals surface area contributed by atoms with Gasteiger partial charge < -0.3 is 25.2 Å². The molecule has 39 heavy (non-hydrogen) atoms. The molecule has 1 aliphatic heterocycles. The molecule has 1 fully saturated rings. The number of rotatable bonds is 4. The fourth-order valence-electron chi connectivity index (χ4n) is 4.25. The van der Waals surface area contributed by atoms with Gasteiger partial charge in [0.2, 0.25) is 0 Å². The van der Waals surface area contributed by atoms with Crippen molar-refractivity contribution in [1.29, 1.82) is 0 Å². The lowest BCUT2D eigenvalue weighted by Gasteiger charge is -2.36. The highest BCUT2D eigenvalue weighted by Crippen LogP contribution is 2.23. The summed E-state index contributed by atoms with van der Waals surface area (Å²) in [6.45, 7) is 1.97. The molecular weight excluding hydrogens is 496 g/mol. The Balaban J connectivity index is 1.25. The smallest absolute Gasteiger partial charge is 0.271 e. The molecule has 0 radical (unpaired) electrons. The molecule has 10 heteroatoms. The molecule has 2 amide bonds. The zero-order valence-corrected chi connectivity index (χ0v) is 20.8. The Kier molecular flexibility index (Phi) is 7.32. The topological polar surface area (TPSA) is 132 Å². The summed E-state index contributed by atoms with van der Waals surface area (Å²) in [4.78, 5) is 52.6. The average Bonchev–Trinajstić information content (AvgIpc) is 2.97. The van der Waals surface area contributed by atoms with Gasteiger partial charge in [0.15, 0.2) is 0 Å². The summed E-state index contributed by atoms with van der Waals surface area (Å²) in [5, 5.41) is 12.2. The van der Waals surface area contributed by atoms with Crippen LogP contribution in [0.4, 0.5) is 11.4 Å². The first-order chi connectivity index (χ1) is 19.0. The summed E-state index contributed by atoms with van der Waals surface area (Å²) < 4.78 is 0. The van der Waals surface area contributed by atoms with Gasteiger partial charge in [0.1, 0.15) is 11.4 Å². The minimum atomic E-state index is -0.383. The molecule has 1 aromatic carbocycles. The van der Waals surface area contributed by atoms with E-state index in [0.29, 0.717) is 48.4 Å². The van der Waals surface area contributed by atoms with Gasteiger partial charge in [-0.05, 0) is 36.4 Å². The van der Waals surface area contributed by atoms with Crippen molar-refractivity contribution in [2.45, 2.75) is 0 Å². The third-order valence-corrected chi connectivity index (χ3v) is 6.18. The Bertz CT molecular complexity index is 1650. The van der Waals surface area contributed by atoms with Crippen molar-refractivity contribution < 1.29 is 14.7 Å². The second-order valence-electron chi connectivity index (χ2n) is 8.81. The lowest BCUT2D eigenvalue weighted by atomic mass is 10.1. The molecule has 0 bridgehead atoms. The van der Waals surface area contributed by atoms with E-state index in [0.717, 1.165) is 5.69 Å². The fourth-order valence-corrected chi connectivity index (χ4v) is 4.25. The van der Waals surface area contributed by atoms with Gasteiger partial charge >= 0.3 is 0 Å². The number of carbonyl (C=O) groups is 2. The van der Waals surface area contributed by atoms with E-state index in [1.165, 1.54) is 30.9 Å². The maximum Gasteiger partial charge on any atom is 0.271 e. The molecule has 0 spiro atoms. The predicted octanol–water partition coefficient (Wildman–Crippen LogP) is 2.49. The van der Waals surface area contributed by atoms with Gasteiger partial charge in [0.25, 0.3) is 17.4 Å². The van der Waals surface area contributed by atoms with Crippen LogP contribution in [0.1, 0.15) is 31.8 Å². The van der Waals surface area contributed by atoms with E-state index in [1.54, 1.807) is 41.4 Å². The molecule has 0 saturated carbocycles. The van der Waals surface area contributed by atoms with Crippen LogP contribution in [0, 0.1) is 11.8 Å². The number of aromatic nitrogens is 3. The van der Waals surface area contributed by atoms with Gasteiger partial charge in [-0.25, -0.2) is 0 Å². The normalized spacial score (nSPS) is 12.8.